The van der Waals surface area contributed by atoms with E-state index in [1.165, 1.54) is 18.2 Å². The van der Waals surface area contributed by atoms with E-state index in [0.29, 0.717) is 23.5 Å². The zero-order chi connectivity index (χ0) is 22.2. The van der Waals surface area contributed by atoms with Gasteiger partial charge in [0.25, 0.3) is 15.9 Å². The van der Waals surface area contributed by atoms with E-state index >= 15 is 0 Å². The van der Waals surface area contributed by atoms with Gasteiger partial charge in [-0.3, -0.25) is 4.79 Å². The monoisotopic (exact) mass is 459 g/mol. The summed E-state index contributed by atoms with van der Waals surface area (Å²) in [5.41, 5.74) is 5.69. The fourth-order valence-electron chi connectivity index (χ4n) is 3.41. The maximum atomic E-state index is 14.0. The summed E-state index contributed by atoms with van der Waals surface area (Å²) in [4.78, 5) is 12.5. The van der Waals surface area contributed by atoms with Gasteiger partial charge in [0.15, 0.2) is 0 Å². The quantitative estimate of drug-likeness (QED) is 0.593. The zero-order valence-corrected chi connectivity index (χ0v) is 18.1. The Kier molecular flexibility index (Phi) is 5.70. The van der Waals surface area contributed by atoms with Crippen LogP contribution in [-0.4, -0.2) is 14.3 Å². The molecule has 0 fully saturated rings. The van der Waals surface area contributed by atoms with E-state index in [4.69, 9.17) is 11.6 Å². The number of fused-ring (bicyclic) bond motifs is 1. The second kappa shape index (κ2) is 8.30. The molecule has 0 spiro atoms. The number of aryl methyl sites for hydroxylation is 1. The third-order valence-electron chi connectivity index (χ3n) is 5.04. The van der Waals surface area contributed by atoms with Crippen molar-refractivity contribution in [3.05, 3.63) is 93.8 Å². The average Bonchev–Trinajstić information content (AvgIpc) is 3.14. The van der Waals surface area contributed by atoms with E-state index < -0.39 is 21.7 Å². The first kappa shape index (κ1) is 21.3. The van der Waals surface area contributed by atoms with Crippen molar-refractivity contribution in [2.75, 3.05) is 9.73 Å². The summed E-state index contributed by atoms with van der Waals surface area (Å²) in [5, 5.41) is 2.58. The molecule has 0 unspecified atom stereocenters. The van der Waals surface area contributed by atoms with Crippen molar-refractivity contribution in [2.45, 2.75) is 19.2 Å². The van der Waals surface area contributed by atoms with Crippen LogP contribution >= 0.6 is 11.6 Å². The Morgan fingerprint density at radius 1 is 1.16 bits per heavy atom. The van der Waals surface area contributed by atoms with Crippen molar-refractivity contribution in [3.63, 3.8) is 0 Å². The molecule has 0 aromatic heterocycles. The standard InChI is InChI=1S/C22H19ClFN3O3S/c1-14-5-2-3-6-16(14)13-31(29,30)27-20-11-17(10-9-15(20)12-25-27)26-22(28)21-18(23)7-4-8-19(21)24/h2-11,25H,12-13H2,1H3,(H,26,28). The second-order valence-corrected chi connectivity index (χ2v) is 9.40. The number of nitrogens with one attached hydrogen (secondary N) is 2. The molecule has 9 heteroatoms. The first-order chi connectivity index (χ1) is 14.8. The minimum Gasteiger partial charge on any atom is -0.322 e. The lowest BCUT2D eigenvalue weighted by atomic mass is 10.1. The highest BCUT2D eigenvalue weighted by Gasteiger charge is 2.30. The topological polar surface area (TPSA) is 78.5 Å². The average molecular weight is 460 g/mol. The number of hydrogen-bond donors (Lipinski definition) is 2. The summed E-state index contributed by atoms with van der Waals surface area (Å²) in [6, 6.07) is 16.1. The van der Waals surface area contributed by atoms with Crippen LogP contribution in [0.4, 0.5) is 15.8 Å². The van der Waals surface area contributed by atoms with Crippen molar-refractivity contribution >= 4 is 38.9 Å². The van der Waals surface area contributed by atoms with Crippen LogP contribution in [0.15, 0.2) is 60.7 Å². The van der Waals surface area contributed by atoms with Crippen LogP contribution in [0.5, 0.6) is 0 Å². The molecule has 0 saturated heterocycles. The van der Waals surface area contributed by atoms with Crippen LogP contribution in [0, 0.1) is 12.7 Å². The molecule has 1 amide bonds. The predicted molar refractivity (Wildman–Crippen MR) is 119 cm³/mol. The van der Waals surface area contributed by atoms with Crippen molar-refractivity contribution in [1.82, 2.24) is 5.43 Å². The van der Waals surface area contributed by atoms with E-state index in [9.17, 15) is 17.6 Å². The number of anilines is 2. The molecule has 0 saturated carbocycles. The van der Waals surface area contributed by atoms with Crippen LogP contribution in [0.25, 0.3) is 0 Å². The minimum atomic E-state index is -3.73. The number of benzene rings is 3. The molecule has 160 valence electrons. The first-order valence-corrected chi connectivity index (χ1v) is 11.4. The second-order valence-electron chi connectivity index (χ2n) is 7.18. The lowest BCUT2D eigenvalue weighted by molar-refractivity contribution is 0.102. The largest absolute Gasteiger partial charge is 0.322 e. The number of hydrogen-bond acceptors (Lipinski definition) is 4. The number of amides is 1. The Morgan fingerprint density at radius 2 is 1.94 bits per heavy atom. The molecule has 1 heterocycles. The SMILES string of the molecule is Cc1ccccc1CS(=O)(=O)N1NCc2ccc(NC(=O)c3c(F)cccc3Cl)cc21. The van der Waals surface area contributed by atoms with Gasteiger partial charge in [0.2, 0.25) is 0 Å². The van der Waals surface area contributed by atoms with Gasteiger partial charge in [-0.15, -0.1) is 0 Å². The maximum Gasteiger partial charge on any atom is 0.260 e. The van der Waals surface area contributed by atoms with E-state index in [2.05, 4.69) is 10.7 Å². The van der Waals surface area contributed by atoms with Gasteiger partial charge in [-0.2, -0.15) is 0 Å². The van der Waals surface area contributed by atoms with Gasteiger partial charge >= 0.3 is 0 Å². The van der Waals surface area contributed by atoms with Crippen LogP contribution in [-0.2, 0) is 22.3 Å². The number of nitrogens with zero attached hydrogens (tertiary/aromatic N) is 1. The number of halogens is 2. The van der Waals surface area contributed by atoms with Gasteiger partial charge < -0.3 is 5.32 Å². The fraction of sp³-hybridized carbons (Fsp3) is 0.136. The lowest BCUT2D eigenvalue weighted by Gasteiger charge is -2.20. The van der Waals surface area contributed by atoms with Gasteiger partial charge in [0, 0.05) is 12.2 Å². The molecule has 0 aliphatic carbocycles. The summed E-state index contributed by atoms with van der Waals surface area (Å²) in [5.74, 6) is -1.63. The normalized spacial score (nSPS) is 13.2. The van der Waals surface area contributed by atoms with Gasteiger partial charge in [0.1, 0.15) is 5.82 Å². The maximum absolute atomic E-state index is 14.0. The molecule has 1 aliphatic heterocycles. The summed E-state index contributed by atoms with van der Waals surface area (Å²) >= 11 is 5.96. The summed E-state index contributed by atoms with van der Waals surface area (Å²) < 4.78 is 41.3. The molecule has 0 bridgehead atoms. The van der Waals surface area contributed by atoms with Crippen molar-refractivity contribution in [3.8, 4) is 0 Å². The Bertz CT molecular complexity index is 1260. The number of rotatable bonds is 5. The molecule has 6 nitrogen and oxygen atoms in total. The molecule has 2 N–H and O–H groups in total. The number of sulfonamides is 1. The molecular weight excluding hydrogens is 441 g/mol. The molecule has 31 heavy (non-hydrogen) atoms. The molecule has 4 rings (SSSR count). The number of hydrazine groups is 1. The van der Waals surface area contributed by atoms with Gasteiger partial charge in [0.05, 0.1) is 22.0 Å². The van der Waals surface area contributed by atoms with Crippen molar-refractivity contribution < 1.29 is 17.6 Å². The summed E-state index contributed by atoms with van der Waals surface area (Å²) in [6.45, 7) is 2.19. The van der Waals surface area contributed by atoms with Gasteiger partial charge in [-0.1, -0.05) is 48.0 Å². The van der Waals surface area contributed by atoms with Crippen LogP contribution in [0.3, 0.4) is 0 Å². The molecule has 0 atom stereocenters. The van der Waals surface area contributed by atoms with Crippen LogP contribution in [0.2, 0.25) is 5.02 Å². The highest BCUT2D eigenvalue weighted by molar-refractivity contribution is 7.92. The van der Waals surface area contributed by atoms with Gasteiger partial charge in [-0.25, -0.2) is 22.6 Å². The molecular formula is C22H19ClFN3O3S. The Morgan fingerprint density at radius 3 is 2.68 bits per heavy atom. The minimum absolute atomic E-state index is 0.0113. The van der Waals surface area contributed by atoms with Crippen LogP contribution < -0.4 is 15.2 Å². The summed E-state index contributed by atoms with van der Waals surface area (Å²) in [6.07, 6.45) is 0. The van der Waals surface area contributed by atoms with Crippen molar-refractivity contribution in [1.29, 1.82) is 0 Å². The van der Waals surface area contributed by atoms with E-state index in [-0.39, 0.29) is 16.3 Å². The molecule has 1 aliphatic rings. The van der Waals surface area contributed by atoms with E-state index in [1.54, 1.807) is 24.3 Å². The summed E-state index contributed by atoms with van der Waals surface area (Å²) in [7, 11) is -3.73. The molecule has 3 aromatic rings. The lowest BCUT2D eigenvalue weighted by Crippen LogP contribution is -2.39. The van der Waals surface area contributed by atoms with E-state index in [0.717, 1.165) is 21.6 Å². The van der Waals surface area contributed by atoms with E-state index in [1.807, 2.05) is 19.1 Å². The third-order valence-corrected chi connectivity index (χ3v) is 6.92. The highest BCUT2D eigenvalue weighted by atomic mass is 35.5. The Balaban J connectivity index is 1.60. The van der Waals surface area contributed by atoms with Crippen LogP contribution in [0.1, 0.15) is 27.0 Å². The zero-order valence-electron chi connectivity index (χ0n) is 16.5. The molecule has 3 aromatic carbocycles. The number of carbonyl (C=O) groups is 1. The van der Waals surface area contributed by atoms with Gasteiger partial charge in [-0.05, 0) is 47.9 Å². The van der Waals surface area contributed by atoms with Crippen molar-refractivity contribution in [2.24, 2.45) is 0 Å². The molecule has 0 radical (unpaired) electrons. The highest BCUT2D eigenvalue weighted by Crippen LogP contribution is 2.32. The third kappa shape index (κ3) is 4.27. The predicted octanol–water partition coefficient (Wildman–Crippen LogP) is 4.39. The Labute approximate surface area is 184 Å². The Hall–Kier alpha value is -2.94. The smallest absolute Gasteiger partial charge is 0.260 e. The number of carbonyl (C=O) groups excluding carboxylic acids is 1. The first-order valence-electron chi connectivity index (χ1n) is 9.45. The fourth-order valence-corrected chi connectivity index (χ4v) is 5.24.